The lowest BCUT2D eigenvalue weighted by Gasteiger charge is -2.36. The summed E-state index contributed by atoms with van der Waals surface area (Å²) in [6, 6.07) is -0.201. The predicted molar refractivity (Wildman–Crippen MR) is 63.7 cm³/mol. The van der Waals surface area contributed by atoms with E-state index in [0.717, 1.165) is 12.8 Å². The molecule has 1 fully saturated rings. The highest BCUT2D eigenvalue weighted by molar-refractivity contribution is 7.89. The van der Waals surface area contributed by atoms with Crippen molar-refractivity contribution in [3.8, 4) is 0 Å². The van der Waals surface area contributed by atoms with E-state index >= 15 is 0 Å². The summed E-state index contributed by atoms with van der Waals surface area (Å²) in [5, 5.41) is 0. The number of piperidine rings is 1. The van der Waals surface area contributed by atoms with Crippen LogP contribution in [-0.2, 0) is 19.6 Å². The van der Waals surface area contributed by atoms with E-state index in [1.54, 1.807) is 0 Å². The second-order valence-corrected chi connectivity index (χ2v) is 6.38. The zero-order valence-electron chi connectivity index (χ0n) is 10.3. The topological polar surface area (TPSA) is 89.7 Å². The van der Waals surface area contributed by atoms with E-state index in [4.69, 9.17) is 5.73 Å². The number of sulfonamides is 1. The average molecular weight is 264 g/mol. The second-order valence-electron chi connectivity index (χ2n) is 4.46. The zero-order chi connectivity index (χ0) is 13.1. The fourth-order valence-corrected chi connectivity index (χ4v) is 3.69. The molecule has 0 radical (unpaired) electrons. The number of carbonyl (C=O) groups is 1. The molecule has 0 amide bonds. The van der Waals surface area contributed by atoms with Gasteiger partial charge in [-0.05, 0) is 18.8 Å². The Morgan fingerprint density at radius 2 is 2.18 bits per heavy atom. The van der Waals surface area contributed by atoms with Crippen molar-refractivity contribution in [3.63, 3.8) is 0 Å². The van der Waals surface area contributed by atoms with Gasteiger partial charge in [-0.1, -0.05) is 6.92 Å². The predicted octanol–water partition coefficient (Wildman–Crippen LogP) is -0.452. The van der Waals surface area contributed by atoms with E-state index in [1.807, 2.05) is 0 Å². The molecule has 1 saturated heterocycles. The van der Waals surface area contributed by atoms with Crippen molar-refractivity contribution in [2.24, 2.45) is 11.7 Å². The van der Waals surface area contributed by atoms with E-state index in [-0.39, 0.29) is 12.6 Å². The van der Waals surface area contributed by atoms with Gasteiger partial charge in [-0.15, -0.1) is 0 Å². The quantitative estimate of drug-likeness (QED) is 0.694. The Kier molecular flexibility index (Phi) is 4.91. The van der Waals surface area contributed by atoms with Crippen molar-refractivity contribution < 1.29 is 17.9 Å². The summed E-state index contributed by atoms with van der Waals surface area (Å²) < 4.78 is 29.7. The third-order valence-electron chi connectivity index (χ3n) is 3.08. The number of ether oxygens (including phenoxy) is 1. The molecule has 2 N–H and O–H groups in total. The van der Waals surface area contributed by atoms with E-state index in [1.165, 1.54) is 11.4 Å². The molecule has 0 aromatic heterocycles. The first-order chi connectivity index (χ1) is 7.90. The van der Waals surface area contributed by atoms with Crippen LogP contribution in [0.25, 0.3) is 0 Å². The minimum Gasteiger partial charge on any atom is -0.468 e. The summed E-state index contributed by atoms with van der Waals surface area (Å²) in [4.78, 5) is 11.1. The first-order valence-corrected chi connectivity index (χ1v) is 7.28. The molecular formula is C10H20N2O4S. The smallest absolute Gasteiger partial charge is 0.322 e. The van der Waals surface area contributed by atoms with Crippen LogP contribution in [0.5, 0.6) is 0 Å². The lowest BCUT2D eigenvalue weighted by Crippen LogP contribution is -2.50. The van der Waals surface area contributed by atoms with Crippen LogP contribution >= 0.6 is 0 Å². The normalized spacial score (nSPS) is 26.8. The van der Waals surface area contributed by atoms with Crippen molar-refractivity contribution in [1.82, 2.24) is 4.31 Å². The summed E-state index contributed by atoms with van der Waals surface area (Å²) in [6.07, 6.45) is 1.55. The van der Waals surface area contributed by atoms with Crippen LogP contribution in [-0.4, -0.2) is 50.7 Å². The maximum Gasteiger partial charge on any atom is 0.322 e. The highest BCUT2D eigenvalue weighted by Crippen LogP contribution is 2.24. The van der Waals surface area contributed by atoms with Crippen molar-refractivity contribution in [2.45, 2.75) is 25.8 Å². The Balaban J connectivity index is 2.79. The third-order valence-corrected chi connectivity index (χ3v) is 4.88. The summed E-state index contributed by atoms with van der Waals surface area (Å²) in [7, 11) is -2.42. The van der Waals surface area contributed by atoms with Crippen LogP contribution in [0.1, 0.15) is 19.8 Å². The Morgan fingerprint density at radius 1 is 1.53 bits per heavy atom. The molecule has 1 aliphatic rings. The Labute approximate surface area is 102 Å². The van der Waals surface area contributed by atoms with E-state index in [9.17, 15) is 13.2 Å². The van der Waals surface area contributed by atoms with Crippen LogP contribution in [0.2, 0.25) is 0 Å². The number of carbonyl (C=O) groups excluding carboxylic acids is 1. The van der Waals surface area contributed by atoms with Gasteiger partial charge in [0.1, 0.15) is 0 Å². The SMILES string of the molecule is COC(=O)CS(=O)(=O)N1CCC(C)CC1CN. The zero-order valence-corrected chi connectivity index (χ0v) is 11.1. The van der Waals surface area contributed by atoms with Gasteiger partial charge in [-0.2, -0.15) is 4.31 Å². The first-order valence-electron chi connectivity index (χ1n) is 5.67. The Bertz CT molecular complexity index is 369. The summed E-state index contributed by atoms with van der Waals surface area (Å²) in [5.74, 6) is -0.874. The number of hydrogen-bond acceptors (Lipinski definition) is 5. The summed E-state index contributed by atoms with van der Waals surface area (Å²) in [5.41, 5.74) is 5.59. The van der Waals surface area contributed by atoms with Crippen molar-refractivity contribution in [3.05, 3.63) is 0 Å². The molecule has 1 rings (SSSR count). The molecule has 0 aliphatic carbocycles. The highest BCUT2D eigenvalue weighted by Gasteiger charge is 2.35. The monoisotopic (exact) mass is 264 g/mol. The van der Waals surface area contributed by atoms with Crippen molar-refractivity contribution in [1.29, 1.82) is 0 Å². The number of hydrogen-bond donors (Lipinski definition) is 1. The Morgan fingerprint density at radius 3 is 2.71 bits per heavy atom. The molecule has 17 heavy (non-hydrogen) atoms. The fourth-order valence-electron chi connectivity index (χ4n) is 2.10. The van der Waals surface area contributed by atoms with Gasteiger partial charge < -0.3 is 10.5 Å². The minimum atomic E-state index is -3.60. The summed E-state index contributed by atoms with van der Waals surface area (Å²) >= 11 is 0. The highest BCUT2D eigenvalue weighted by atomic mass is 32.2. The number of nitrogens with zero attached hydrogens (tertiary/aromatic N) is 1. The van der Waals surface area contributed by atoms with Gasteiger partial charge in [-0.25, -0.2) is 8.42 Å². The van der Waals surface area contributed by atoms with Crippen molar-refractivity contribution in [2.75, 3.05) is 26.0 Å². The first kappa shape index (κ1) is 14.4. The van der Waals surface area contributed by atoms with Gasteiger partial charge in [0.25, 0.3) is 0 Å². The molecule has 0 aromatic carbocycles. The van der Waals surface area contributed by atoms with Gasteiger partial charge in [0, 0.05) is 19.1 Å². The number of methoxy groups -OCH3 is 1. The molecule has 0 aromatic rings. The van der Waals surface area contributed by atoms with Gasteiger partial charge in [0.2, 0.25) is 10.0 Å². The standard InChI is InChI=1S/C10H20N2O4S/c1-8-3-4-12(9(5-8)6-11)17(14,15)7-10(13)16-2/h8-9H,3-7,11H2,1-2H3. The molecular weight excluding hydrogens is 244 g/mol. The van der Waals surface area contributed by atoms with E-state index < -0.39 is 21.7 Å². The van der Waals surface area contributed by atoms with Gasteiger partial charge in [0.05, 0.1) is 7.11 Å². The molecule has 1 aliphatic heterocycles. The van der Waals surface area contributed by atoms with E-state index in [0.29, 0.717) is 12.5 Å². The number of nitrogens with two attached hydrogens (primary N) is 1. The molecule has 0 saturated carbocycles. The van der Waals surface area contributed by atoms with Crippen LogP contribution in [0.3, 0.4) is 0 Å². The third kappa shape index (κ3) is 3.65. The van der Waals surface area contributed by atoms with Gasteiger partial charge in [-0.3, -0.25) is 4.79 Å². The largest absolute Gasteiger partial charge is 0.468 e. The van der Waals surface area contributed by atoms with Crippen LogP contribution in [0.4, 0.5) is 0 Å². The molecule has 100 valence electrons. The molecule has 0 bridgehead atoms. The van der Waals surface area contributed by atoms with E-state index in [2.05, 4.69) is 11.7 Å². The van der Waals surface area contributed by atoms with Gasteiger partial charge >= 0.3 is 5.97 Å². The van der Waals surface area contributed by atoms with Crippen LogP contribution < -0.4 is 5.73 Å². The molecule has 7 heteroatoms. The molecule has 0 spiro atoms. The summed E-state index contributed by atoms with van der Waals surface area (Å²) in [6.45, 7) is 2.79. The molecule has 6 nitrogen and oxygen atoms in total. The molecule has 2 atom stereocenters. The molecule has 2 unspecified atom stereocenters. The molecule has 1 heterocycles. The second kappa shape index (κ2) is 5.79. The Hall–Kier alpha value is -0.660. The maximum absolute atomic E-state index is 12.0. The average Bonchev–Trinajstić information content (AvgIpc) is 2.27. The van der Waals surface area contributed by atoms with Crippen LogP contribution in [0.15, 0.2) is 0 Å². The number of esters is 1. The minimum absolute atomic E-state index is 0.201. The lowest BCUT2D eigenvalue weighted by molar-refractivity contribution is -0.137. The maximum atomic E-state index is 12.0. The van der Waals surface area contributed by atoms with Crippen LogP contribution in [0, 0.1) is 5.92 Å². The van der Waals surface area contributed by atoms with Gasteiger partial charge in [0.15, 0.2) is 5.75 Å². The fraction of sp³-hybridized carbons (Fsp3) is 0.900. The number of rotatable bonds is 4. The van der Waals surface area contributed by atoms with Crippen molar-refractivity contribution >= 4 is 16.0 Å². The lowest BCUT2D eigenvalue weighted by atomic mass is 9.94.